The average molecular weight is 307 g/mol. The molecule has 0 fully saturated rings. The van der Waals surface area contributed by atoms with Crippen LogP contribution in [0.1, 0.15) is 11.4 Å². The molecule has 0 bridgehead atoms. The molecule has 0 saturated heterocycles. The molecule has 94 valence electrons. The molecule has 1 aliphatic rings. The Kier molecular flexibility index (Phi) is 3.09. The van der Waals surface area contributed by atoms with E-state index in [1.54, 1.807) is 0 Å². The summed E-state index contributed by atoms with van der Waals surface area (Å²) < 4.78 is 3.24. The lowest BCUT2D eigenvalue weighted by Crippen LogP contribution is -2.33. The van der Waals surface area contributed by atoms with Crippen molar-refractivity contribution >= 4 is 21.6 Å². The van der Waals surface area contributed by atoms with Gasteiger partial charge in [-0.3, -0.25) is 4.90 Å². The zero-order chi connectivity index (χ0) is 12.5. The maximum Gasteiger partial charge on any atom is 0.122 e. The number of hydrogen-bond donors (Lipinski definition) is 1. The van der Waals surface area contributed by atoms with Crippen molar-refractivity contribution in [2.45, 2.75) is 19.6 Å². The first kappa shape index (κ1) is 11.7. The molecule has 0 radical (unpaired) electrons. The van der Waals surface area contributed by atoms with Gasteiger partial charge >= 0.3 is 0 Å². The van der Waals surface area contributed by atoms with Gasteiger partial charge in [-0.1, -0.05) is 22.0 Å². The summed E-state index contributed by atoms with van der Waals surface area (Å²) in [4.78, 5) is 6.74. The molecule has 0 atom stereocenters. The van der Waals surface area contributed by atoms with Crippen molar-refractivity contribution in [1.82, 2.24) is 14.5 Å². The van der Waals surface area contributed by atoms with Gasteiger partial charge in [0.25, 0.3) is 0 Å². The Morgan fingerprint density at radius 3 is 3.06 bits per heavy atom. The first-order chi connectivity index (χ1) is 8.72. The summed E-state index contributed by atoms with van der Waals surface area (Å²) in [6.07, 6.45) is 3.91. The largest absolute Gasteiger partial charge is 0.398 e. The van der Waals surface area contributed by atoms with Crippen LogP contribution in [0.5, 0.6) is 0 Å². The van der Waals surface area contributed by atoms with Gasteiger partial charge in [0, 0.05) is 42.2 Å². The standard InChI is InChI=1S/C13H15BrN4/c14-11-2-1-10(12(15)7-11)8-17-5-6-18-4-3-16-13(18)9-17/h1-4,7H,5-6,8-9,15H2. The van der Waals surface area contributed by atoms with Crippen molar-refractivity contribution in [3.8, 4) is 0 Å². The van der Waals surface area contributed by atoms with E-state index in [-0.39, 0.29) is 0 Å². The number of nitrogens with two attached hydrogens (primary N) is 1. The SMILES string of the molecule is Nc1cc(Br)ccc1CN1CCn2ccnc2C1. The topological polar surface area (TPSA) is 47.1 Å². The smallest absolute Gasteiger partial charge is 0.122 e. The van der Waals surface area contributed by atoms with E-state index < -0.39 is 0 Å². The molecule has 3 rings (SSSR count). The Labute approximate surface area is 115 Å². The number of anilines is 1. The Bertz CT molecular complexity index is 564. The Morgan fingerprint density at radius 1 is 1.33 bits per heavy atom. The molecule has 18 heavy (non-hydrogen) atoms. The summed E-state index contributed by atoms with van der Waals surface area (Å²) in [6, 6.07) is 6.08. The highest BCUT2D eigenvalue weighted by molar-refractivity contribution is 9.10. The van der Waals surface area contributed by atoms with Gasteiger partial charge < -0.3 is 10.3 Å². The van der Waals surface area contributed by atoms with Crippen molar-refractivity contribution in [3.05, 3.63) is 46.5 Å². The quantitative estimate of drug-likeness (QED) is 0.866. The zero-order valence-corrected chi connectivity index (χ0v) is 11.6. The number of fused-ring (bicyclic) bond motifs is 1. The maximum absolute atomic E-state index is 6.04. The summed E-state index contributed by atoms with van der Waals surface area (Å²) in [6.45, 7) is 3.82. The van der Waals surface area contributed by atoms with Gasteiger partial charge in [0.2, 0.25) is 0 Å². The van der Waals surface area contributed by atoms with E-state index in [2.05, 4.69) is 36.4 Å². The molecule has 0 saturated carbocycles. The van der Waals surface area contributed by atoms with E-state index in [0.29, 0.717) is 0 Å². The third-order valence-electron chi connectivity index (χ3n) is 3.33. The highest BCUT2D eigenvalue weighted by Gasteiger charge is 2.17. The minimum absolute atomic E-state index is 0.846. The van der Waals surface area contributed by atoms with Crippen LogP contribution in [0, 0.1) is 0 Å². The van der Waals surface area contributed by atoms with Gasteiger partial charge in [0.15, 0.2) is 0 Å². The molecule has 0 spiro atoms. The summed E-state index contributed by atoms with van der Waals surface area (Å²) in [7, 11) is 0. The Morgan fingerprint density at radius 2 is 2.22 bits per heavy atom. The lowest BCUT2D eigenvalue weighted by atomic mass is 10.1. The number of nitrogen functional groups attached to an aromatic ring is 1. The van der Waals surface area contributed by atoms with Crippen molar-refractivity contribution < 1.29 is 0 Å². The molecule has 0 aliphatic carbocycles. The van der Waals surface area contributed by atoms with Crippen LogP contribution >= 0.6 is 15.9 Å². The Balaban J connectivity index is 1.74. The van der Waals surface area contributed by atoms with Crippen LogP contribution in [0.15, 0.2) is 35.1 Å². The van der Waals surface area contributed by atoms with Crippen LogP contribution in [0.25, 0.3) is 0 Å². The molecule has 1 aliphatic heterocycles. The van der Waals surface area contributed by atoms with E-state index in [1.165, 1.54) is 5.56 Å². The van der Waals surface area contributed by atoms with Crippen LogP contribution < -0.4 is 5.73 Å². The van der Waals surface area contributed by atoms with E-state index >= 15 is 0 Å². The van der Waals surface area contributed by atoms with Gasteiger partial charge in [-0.15, -0.1) is 0 Å². The van der Waals surface area contributed by atoms with Gasteiger partial charge in [-0.25, -0.2) is 4.98 Å². The summed E-state index contributed by atoms with van der Waals surface area (Å²) in [5, 5.41) is 0. The van der Waals surface area contributed by atoms with Gasteiger partial charge in [-0.05, 0) is 17.7 Å². The van der Waals surface area contributed by atoms with E-state index in [9.17, 15) is 0 Å². The van der Waals surface area contributed by atoms with Crippen molar-refractivity contribution in [2.75, 3.05) is 12.3 Å². The zero-order valence-electron chi connectivity index (χ0n) is 10.0. The van der Waals surface area contributed by atoms with Gasteiger partial charge in [0.1, 0.15) is 5.82 Å². The molecule has 1 aromatic heterocycles. The fourth-order valence-corrected chi connectivity index (χ4v) is 2.69. The molecule has 0 unspecified atom stereocenters. The summed E-state index contributed by atoms with van der Waals surface area (Å²) >= 11 is 3.43. The molecule has 2 aromatic rings. The molecule has 2 N–H and O–H groups in total. The number of benzene rings is 1. The van der Waals surface area contributed by atoms with Crippen molar-refractivity contribution in [1.29, 1.82) is 0 Å². The maximum atomic E-state index is 6.04. The Hall–Kier alpha value is -1.33. The molecule has 0 amide bonds. The molecular weight excluding hydrogens is 292 g/mol. The van der Waals surface area contributed by atoms with Crippen LogP contribution in [0.4, 0.5) is 5.69 Å². The summed E-state index contributed by atoms with van der Waals surface area (Å²) in [5.41, 5.74) is 8.06. The number of aromatic nitrogens is 2. The van der Waals surface area contributed by atoms with Crippen molar-refractivity contribution in [3.63, 3.8) is 0 Å². The molecule has 2 heterocycles. The number of rotatable bonds is 2. The summed E-state index contributed by atoms with van der Waals surface area (Å²) in [5.74, 6) is 1.14. The van der Waals surface area contributed by atoms with Crippen molar-refractivity contribution in [2.24, 2.45) is 0 Å². The lowest BCUT2D eigenvalue weighted by molar-refractivity contribution is 0.209. The minimum Gasteiger partial charge on any atom is -0.398 e. The van der Waals surface area contributed by atoms with E-state index in [1.807, 2.05) is 24.5 Å². The number of imidazole rings is 1. The highest BCUT2D eigenvalue weighted by atomic mass is 79.9. The minimum atomic E-state index is 0.846. The number of hydrogen-bond acceptors (Lipinski definition) is 3. The van der Waals surface area contributed by atoms with E-state index in [4.69, 9.17) is 5.73 Å². The van der Waals surface area contributed by atoms with Gasteiger partial charge in [-0.2, -0.15) is 0 Å². The molecule has 5 heteroatoms. The number of nitrogens with zero attached hydrogens (tertiary/aromatic N) is 3. The van der Waals surface area contributed by atoms with Crippen LogP contribution in [0.3, 0.4) is 0 Å². The molecule has 1 aromatic carbocycles. The monoisotopic (exact) mass is 306 g/mol. The van der Waals surface area contributed by atoms with Crippen LogP contribution in [-0.2, 0) is 19.6 Å². The predicted molar refractivity (Wildman–Crippen MR) is 74.9 cm³/mol. The third kappa shape index (κ3) is 2.28. The van der Waals surface area contributed by atoms with Crippen LogP contribution in [0.2, 0.25) is 0 Å². The second kappa shape index (κ2) is 4.74. The fourth-order valence-electron chi connectivity index (χ4n) is 2.31. The normalized spacial score (nSPS) is 15.6. The highest BCUT2D eigenvalue weighted by Crippen LogP contribution is 2.21. The first-order valence-electron chi connectivity index (χ1n) is 5.98. The molecular formula is C13H15BrN4. The second-order valence-corrected chi connectivity index (χ2v) is 5.51. The van der Waals surface area contributed by atoms with Crippen LogP contribution in [-0.4, -0.2) is 21.0 Å². The predicted octanol–water partition coefficient (Wildman–Crippen LogP) is 2.24. The fraction of sp³-hybridized carbons (Fsp3) is 0.308. The van der Waals surface area contributed by atoms with Gasteiger partial charge in [0.05, 0.1) is 6.54 Å². The second-order valence-electron chi connectivity index (χ2n) is 4.59. The molecule has 4 nitrogen and oxygen atoms in total. The number of halogens is 1. The van der Waals surface area contributed by atoms with E-state index in [0.717, 1.165) is 42.2 Å². The third-order valence-corrected chi connectivity index (χ3v) is 3.82. The first-order valence-corrected chi connectivity index (χ1v) is 6.78. The average Bonchev–Trinajstić information content (AvgIpc) is 2.80. The lowest BCUT2D eigenvalue weighted by Gasteiger charge is -2.27.